The lowest BCUT2D eigenvalue weighted by Crippen LogP contribution is -2.41. The zero-order chi connectivity index (χ0) is 17.2. The van der Waals surface area contributed by atoms with Crippen LogP contribution in [-0.4, -0.2) is 79.6 Å². The Labute approximate surface area is 144 Å². The average molecular weight is 332 g/mol. The molecule has 0 N–H and O–H groups in total. The van der Waals surface area contributed by atoms with E-state index in [0.717, 1.165) is 44.9 Å². The number of hydrogen-bond donors (Lipinski definition) is 0. The molecule has 1 aromatic rings. The van der Waals surface area contributed by atoms with E-state index in [1.165, 1.54) is 0 Å². The molecule has 3 rings (SSSR count). The van der Waals surface area contributed by atoms with Crippen LogP contribution in [0.2, 0.25) is 0 Å². The van der Waals surface area contributed by atoms with Gasteiger partial charge in [-0.3, -0.25) is 4.98 Å². The van der Waals surface area contributed by atoms with E-state index in [9.17, 15) is 4.79 Å². The third-order valence-corrected chi connectivity index (χ3v) is 5.32. The maximum atomic E-state index is 12.3. The lowest BCUT2D eigenvalue weighted by molar-refractivity contribution is 0.0510. The first-order chi connectivity index (χ1) is 11.5. The summed E-state index contributed by atoms with van der Waals surface area (Å²) < 4.78 is 5.98. The molecule has 0 aliphatic carbocycles. The Bertz CT molecular complexity index is 565. The molecule has 6 nitrogen and oxygen atoms in total. The predicted molar refractivity (Wildman–Crippen MR) is 92.6 cm³/mol. The third-order valence-electron chi connectivity index (χ3n) is 5.32. The smallest absolute Gasteiger partial charge is 0.319 e. The molecule has 0 radical (unpaired) electrons. The molecule has 1 aromatic heterocycles. The second-order valence-electron chi connectivity index (χ2n) is 7.44. The van der Waals surface area contributed by atoms with Crippen molar-refractivity contribution in [1.29, 1.82) is 0 Å². The molecule has 2 saturated heterocycles. The Hall–Kier alpha value is -1.66. The van der Waals surface area contributed by atoms with Crippen molar-refractivity contribution in [2.45, 2.75) is 13.0 Å². The molecule has 2 amide bonds. The van der Waals surface area contributed by atoms with Gasteiger partial charge in [0, 0.05) is 57.8 Å². The van der Waals surface area contributed by atoms with Crippen molar-refractivity contribution in [2.24, 2.45) is 11.3 Å². The van der Waals surface area contributed by atoms with Gasteiger partial charge in [-0.05, 0) is 25.6 Å². The lowest BCUT2D eigenvalue weighted by Gasteiger charge is -2.31. The van der Waals surface area contributed by atoms with Crippen molar-refractivity contribution < 1.29 is 9.53 Å². The summed E-state index contributed by atoms with van der Waals surface area (Å²) in [7, 11) is 5.81. The van der Waals surface area contributed by atoms with Gasteiger partial charge < -0.3 is 19.4 Å². The first-order valence-electron chi connectivity index (χ1n) is 8.63. The van der Waals surface area contributed by atoms with E-state index in [-0.39, 0.29) is 11.4 Å². The summed E-state index contributed by atoms with van der Waals surface area (Å²) in [6, 6.07) is 6.01. The van der Waals surface area contributed by atoms with Gasteiger partial charge in [-0.1, -0.05) is 6.07 Å². The van der Waals surface area contributed by atoms with E-state index < -0.39 is 0 Å². The van der Waals surface area contributed by atoms with Gasteiger partial charge in [0.05, 0.1) is 18.9 Å². The molecular weight excluding hydrogens is 304 g/mol. The van der Waals surface area contributed by atoms with Crippen LogP contribution < -0.4 is 0 Å². The number of likely N-dealkylation sites (tertiary alicyclic amines) is 2. The highest BCUT2D eigenvalue weighted by Crippen LogP contribution is 2.43. The van der Waals surface area contributed by atoms with Crippen LogP contribution in [0.1, 0.15) is 12.1 Å². The Morgan fingerprint density at radius 2 is 2.25 bits per heavy atom. The third kappa shape index (κ3) is 3.54. The first-order valence-corrected chi connectivity index (χ1v) is 8.63. The number of carbonyl (C=O) groups is 1. The predicted octanol–water partition coefficient (Wildman–Crippen LogP) is 1.53. The number of carbonyl (C=O) groups excluding carboxylic acids is 1. The number of urea groups is 1. The fourth-order valence-corrected chi connectivity index (χ4v) is 4.12. The fourth-order valence-electron chi connectivity index (χ4n) is 4.12. The fraction of sp³-hybridized carbons (Fsp3) is 0.667. The van der Waals surface area contributed by atoms with Gasteiger partial charge in [0.1, 0.15) is 0 Å². The molecule has 2 aliphatic heterocycles. The van der Waals surface area contributed by atoms with Gasteiger partial charge in [-0.25, -0.2) is 4.79 Å². The van der Waals surface area contributed by atoms with E-state index in [1.54, 1.807) is 11.1 Å². The summed E-state index contributed by atoms with van der Waals surface area (Å²) in [4.78, 5) is 22.6. The monoisotopic (exact) mass is 332 g/mol. The van der Waals surface area contributed by atoms with Crippen LogP contribution in [0.5, 0.6) is 0 Å². The largest absolute Gasteiger partial charge is 0.375 e. The van der Waals surface area contributed by atoms with Crippen molar-refractivity contribution in [1.82, 2.24) is 19.7 Å². The molecule has 2 fully saturated rings. The van der Waals surface area contributed by atoms with Crippen LogP contribution in [0.15, 0.2) is 24.4 Å². The van der Waals surface area contributed by atoms with Crippen LogP contribution in [0, 0.1) is 11.3 Å². The topological polar surface area (TPSA) is 48.9 Å². The zero-order valence-corrected chi connectivity index (χ0v) is 14.9. The molecular formula is C18H28N4O2. The summed E-state index contributed by atoms with van der Waals surface area (Å²) in [6.45, 7) is 5.05. The van der Waals surface area contributed by atoms with Gasteiger partial charge in [0.2, 0.25) is 0 Å². The molecule has 6 heteroatoms. The van der Waals surface area contributed by atoms with E-state index in [2.05, 4.69) is 16.9 Å². The average Bonchev–Trinajstić information content (AvgIpc) is 3.12. The maximum absolute atomic E-state index is 12.3. The van der Waals surface area contributed by atoms with Crippen molar-refractivity contribution in [2.75, 3.05) is 53.9 Å². The number of hydrogen-bond acceptors (Lipinski definition) is 4. The molecule has 1 spiro atoms. The second kappa shape index (κ2) is 7.07. The summed E-state index contributed by atoms with van der Waals surface area (Å²) in [5.41, 5.74) is 1.14. The van der Waals surface area contributed by atoms with Gasteiger partial charge >= 0.3 is 6.03 Å². The Morgan fingerprint density at radius 3 is 2.96 bits per heavy atom. The summed E-state index contributed by atoms with van der Waals surface area (Å²) >= 11 is 0. The van der Waals surface area contributed by atoms with Gasteiger partial charge in [0.15, 0.2) is 0 Å². The van der Waals surface area contributed by atoms with Crippen molar-refractivity contribution in [3.05, 3.63) is 30.1 Å². The summed E-state index contributed by atoms with van der Waals surface area (Å²) in [6.07, 6.45) is 2.86. The molecule has 0 unspecified atom stereocenters. The highest BCUT2D eigenvalue weighted by molar-refractivity contribution is 5.74. The van der Waals surface area contributed by atoms with E-state index in [4.69, 9.17) is 4.74 Å². The SMILES string of the molecule is CN1C[C@H](COCc2ccccn2)[C@]2(CCN(C(=O)N(C)C)C2)C1. The van der Waals surface area contributed by atoms with Crippen LogP contribution >= 0.6 is 0 Å². The number of ether oxygens (including phenoxy) is 1. The quantitative estimate of drug-likeness (QED) is 0.839. The highest BCUT2D eigenvalue weighted by atomic mass is 16.5. The van der Waals surface area contributed by atoms with Crippen molar-refractivity contribution in [3.8, 4) is 0 Å². The standard InChI is InChI=1S/C18H28N4O2/c1-20(2)17(23)22-9-7-18(14-22)13-21(3)10-15(18)11-24-12-16-6-4-5-8-19-16/h4-6,8,15H,7,9-14H2,1-3H3/t15-,18-/m1/s1. The molecule has 24 heavy (non-hydrogen) atoms. The minimum Gasteiger partial charge on any atom is -0.375 e. The van der Waals surface area contributed by atoms with Crippen LogP contribution in [-0.2, 0) is 11.3 Å². The number of aromatic nitrogens is 1. The first kappa shape index (κ1) is 17.2. The van der Waals surface area contributed by atoms with Gasteiger partial charge in [-0.15, -0.1) is 0 Å². The molecule has 132 valence electrons. The van der Waals surface area contributed by atoms with Gasteiger partial charge in [0.25, 0.3) is 0 Å². The minimum atomic E-state index is 0.120. The Morgan fingerprint density at radius 1 is 1.42 bits per heavy atom. The van der Waals surface area contributed by atoms with Crippen molar-refractivity contribution >= 4 is 6.03 Å². The van der Waals surface area contributed by atoms with E-state index in [0.29, 0.717) is 12.5 Å². The molecule has 2 aliphatic rings. The van der Waals surface area contributed by atoms with Crippen molar-refractivity contribution in [3.63, 3.8) is 0 Å². The molecule has 0 saturated carbocycles. The normalized spacial score (nSPS) is 27.1. The molecule has 2 atom stereocenters. The van der Waals surface area contributed by atoms with E-state index in [1.807, 2.05) is 37.2 Å². The summed E-state index contributed by atoms with van der Waals surface area (Å²) in [5, 5.41) is 0. The highest BCUT2D eigenvalue weighted by Gasteiger charge is 2.50. The number of rotatable bonds is 4. The minimum absolute atomic E-state index is 0.120. The number of amides is 2. The second-order valence-corrected chi connectivity index (χ2v) is 7.44. The maximum Gasteiger partial charge on any atom is 0.319 e. The Kier molecular flexibility index (Phi) is 5.06. The van der Waals surface area contributed by atoms with E-state index >= 15 is 0 Å². The number of pyridine rings is 1. The van der Waals surface area contributed by atoms with Crippen LogP contribution in [0.25, 0.3) is 0 Å². The van der Waals surface area contributed by atoms with Crippen LogP contribution in [0.3, 0.4) is 0 Å². The van der Waals surface area contributed by atoms with Crippen LogP contribution in [0.4, 0.5) is 4.79 Å². The Balaban J connectivity index is 1.59. The molecule has 0 aromatic carbocycles. The molecule has 0 bridgehead atoms. The lowest BCUT2D eigenvalue weighted by atomic mass is 9.77. The van der Waals surface area contributed by atoms with Gasteiger partial charge in [-0.2, -0.15) is 0 Å². The summed E-state index contributed by atoms with van der Waals surface area (Å²) in [5.74, 6) is 0.464. The molecule has 3 heterocycles. The number of nitrogens with zero attached hydrogens (tertiary/aromatic N) is 4. The zero-order valence-electron chi connectivity index (χ0n) is 14.9.